The number of benzene rings is 2. The Hall–Kier alpha value is -3.83. The molecule has 37 heavy (non-hydrogen) atoms. The smallest absolute Gasteiger partial charge is 0.245 e. The highest BCUT2D eigenvalue weighted by molar-refractivity contribution is 6.00. The number of hydrogen-bond acceptors (Lipinski definition) is 6. The van der Waals surface area contributed by atoms with Crippen molar-refractivity contribution in [3.63, 3.8) is 0 Å². The molecule has 0 radical (unpaired) electrons. The molecule has 2 fully saturated rings. The molecule has 0 atom stereocenters. The Morgan fingerprint density at radius 3 is 2.81 bits per heavy atom. The maximum absolute atomic E-state index is 12.0. The Balaban J connectivity index is 1.53. The lowest BCUT2D eigenvalue weighted by atomic mass is 9.79. The summed E-state index contributed by atoms with van der Waals surface area (Å²) >= 11 is 0. The first-order valence-corrected chi connectivity index (χ1v) is 12.8. The number of fused-ring (bicyclic) bond motifs is 1. The van der Waals surface area contributed by atoms with E-state index < -0.39 is 0 Å². The fourth-order valence-corrected chi connectivity index (χ4v) is 5.79. The molecular weight excluding hydrogens is 464 g/mol. The number of nitrogens with one attached hydrogen (secondary N) is 1. The molecule has 0 aliphatic carbocycles. The number of amides is 1. The van der Waals surface area contributed by atoms with Crippen molar-refractivity contribution in [2.45, 2.75) is 19.8 Å². The summed E-state index contributed by atoms with van der Waals surface area (Å²) < 4.78 is 6.33. The Labute approximate surface area is 218 Å². The van der Waals surface area contributed by atoms with E-state index >= 15 is 0 Å². The van der Waals surface area contributed by atoms with Gasteiger partial charge in [-0.25, -0.2) is 0 Å². The number of aromatic nitrogens is 2. The van der Waals surface area contributed by atoms with Gasteiger partial charge in [0.1, 0.15) is 11.8 Å². The number of hydrogen-bond donors (Lipinski definition) is 1. The van der Waals surface area contributed by atoms with E-state index in [9.17, 15) is 10.1 Å². The lowest BCUT2D eigenvalue weighted by molar-refractivity contribution is -0.136. The van der Waals surface area contributed by atoms with Crippen LogP contribution in [0.5, 0.6) is 5.75 Å². The van der Waals surface area contributed by atoms with Crippen molar-refractivity contribution in [2.24, 2.45) is 5.41 Å². The first-order chi connectivity index (χ1) is 17.9. The predicted octanol–water partition coefficient (Wildman–Crippen LogP) is 3.97. The Kier molecular flexibility index (Phi) is 6.65. The minimum Gasteiger partial charge on any atom is -0.493 e. The highest BCUT2D eigenvalue weighted by atomic mass is 16.5. The largest absolute Gasteiger partial charge is 0.493 e. The molecule has 3 aromatic rings. The zero-order valence-electron chi connectivity index (χ0n) is 21.9. The molecule has 2 aliphatic heterocycles. The van der Waals surface area contributed by atoms with E-state index in [0.717, 1.165) is 84.6 Å². The molecule has 0 saturated carbocycles. The molecule has 1 aromatic heterocycles. The van der Waals surface area contributed by atoms with Crippen LogP contribution in [0.15, 0.2) is 43.1 Å². The van der Waals surface area contributed by atoms with E-state index in [1.807, 2.05) is 29.3 Å². The molecule has 8 heteroatoms. The van der Waals surface area contributed by atoms with Crippen LogP contribution in [0, 0.1) is 23.7 Å². The fraction of sp³-hybridized carbons (Fsp3) is 0.414. The number of carbonyl (C=O) groups excluding carboxylic acids is 1. The van der Waals surface area contributed by atoms with Crippen LogP contribution in [0.1, 0.15) is 24.0 Å². The van der Waals surface area contributed by atoms with Crippen molar-refractivity contribution in [3.8, 4) is 22.9 Å². The van der Waals surface area contributed by atoms with Crippen molar-refractivity contribution in [1.29, 1.82) is 5.26 Å². The number of H-pyrrole nitrogens is 1. The van der Waals surface area contributed by atoms with Crippen molar-refractivity contribution < 1.29 is 9.53 Å². The summed E-state index contributed by atoms with van der Waals surface area (Å²) in [6, 6.07) is 10.7. The molecule has 0 unspecified atom stereocenters. The molecule has 3 heterocycles. The van der Waals surface area contributed by atoms with Gasteiger partial charge in [-0.2, -0.15) is 10.4 Å². The van der Waals surface area contributed by atoms with Gasteiger partial charge in [-0.05, 0) is 63.7 Å². The number of carbonyl (C=O) groups is 1. The normalized spacial score (nSPS) is 16.3. The highest BCUT2D eigenvalue weighted by Gasteiger charge is 2.49. The Morgan fingerprint density at radius 1 is 1.27 bits per heavy atom. The monoisotopic (exact) mass is 498 g/mol. The molecule has 1 spiro atoms. The Bertz CT molecular complexity index is 1380. The van der Waals surface area contributed by atoms with Crippen LogP contribution in [0.25, 0.3) is 22.0 Å². The number of anilines is 1. The van der Waals surface area contributed by atoms with Crippen LogP contribution in [-0.4, -0.2) is 79.3 Å². The van der Waals surface area contributed by atoms with Crippen molar-refractivity contribution in [1.82, 2.24) is 20.0 Å². The van der Waals surface area contributed by atoms with Crippen molar-refractivity contribution >= 4 is 22.5 Å². The zero-order chi connectivity index (χ0) is 26.2. The van der Waals surface area contributed by atoms with E-state index in [0.29, 0.717) is 12.2 Å². The van der Waals surface area contributed by atoms with Crippen LogP contribution in [0.2, 0.25) is 0 Å². The van der Waals surface area contributed by atoms with Gasteiger partial charge in [-0.3, -0.25) is 9.89 Å². The van der Waals surface area contributed by atoms with E-state index in [2.05, 4.69) is 59.7 Å². The van der Waals surface area contributed by atoms with Crippen molar-refractivity contribution in [3.05, 3.63) is 54.2 Å². The van der Waals surface area contributed by atoms with E-state index in [4.69, 9.17) is 4.74 Å². The van der Waals surface area contributed by atoms with E-state index in [1.165, 1.54) is 6.08 Å². The predicted molar refractivity (Wildman–Crippen MR) is 146 cm³/mol. The van der Waals surface area contributed by atoms with Gasteiger partial charge in [0, 0.05) is 54.7 Å². The molecule has 192 valence electrons. The number of likely N-dealkylation sites (tertiary alicyclic amines) is 1. The second-order valence-electron chi connectivity index (χ2n) is 10.6. The third kappa shape index (κ3) is 4.56. The summed E-state index contributed by atoms with van der Waals surface area (Å²) in [5.74, 6) is 0.708. The Morgan fingerprint density at radius 2 is 2.08 bits per heavy atom. The summed E-state index contributed by atoms with van der Waals surface area (Å²) in [4.78, 5) is 18.3. The van der Waals surface area contributed by atoms with Gasteiger partial charge in [0.05, 0.1) is 29.6 Å². The minimum atomic E-state index is -0.0106. The molecule has 2 aliphatic rings. The van der Waals surface area contributed by atoms with Gasteiger partial charge in [0.25, 0.3) is 0 Å². The van der Waals surface area contributed by atoms with E-state index in [1.54, 1.807) is 0 Å². The molecule has 1 N–H and O–H groups in total. The lowest BCUT2D eigenvalue weighted by Gasteiger charge is -2.47. The second kappa shape index (κ2) is 9.91. The van der Waals surface area contributed by atoms with Crippen LogP contribution < -0.4 is 9.64 Å². The number of nitrogens with zero attached hydrogens (tertiary/aromatic N) is 5. The quantitative estimate of drug-likeness (QED) is 0.374. The number of aromatic amines is 1. The van der Waals surface area contributed by atoms with Gasteiger partial charge in [0.2, 0.25) is 5.91 Å². The second-order valence-corrected chi connectivity index (χ2v) is 10.6. The number of aryl methyl sites for hydroxylation is 1. The average Bonchev–Trinajstić information content (AvgIpc) is 3.52. The van der Waals surface area contributed by atoms with Gasteiger partial charge in [0.15, 0.2) is 0 Å². The number of rotatable bonds is 8. The maximum Gasteiger partial charge on any atom is 0.245 e. The third-order valence-electron chi connectivity index (χ3n) is 7.66. The lowest BCUT2D eigenvalue weighted by Crippen LogP contribution is -2.59. The van der Waals surface area contributed by atoms with Crippen LogP contribution in [-0.2, 0) is 4.79 Å². The minimum absolute atomic E-state index is 0.0106. The summed E-state index contributed by atoms with van der Waals surface area (Å²) in [5.41, 5.74) is 5.42. The third-order valence-corrected chi connectivity index (χ3v) is 7.66. The number of ether oxygens (including phenoxy) is 1. The molecule has 0 bridgehead atoms. The SMILES string of the molecule is C=CC(=O)N1CC2(CCN(c3ccc(OCCCN(C)C)c(-c4c(C)ccc5[nH]ncc45)c3C#N)C2)C1. The maximum atomic E-state index is 12.0. The van der Waals surface area contributed by atoms with E-state index in [-0.39, 0.29) is 11.3 Å². The van der Waals surface area contributed by atoms with Gasteiger partial charge in [-0.15, -0.1) is 0 Å². The van der Waals surface area contributed by atoms with Crippen molar-refractivity contribution in [2.75, 3.05) is 58.3 Å². The topological polar surface area (TPSA) is 88.5 Å². The zero-order valence-corrected chi connectivity index (χ0v) is 21.9. The summed E-state index contributed by atoms with van der Waals surface area (Å²) in [5, 5.41) is 18.8. The average molecular weight is 499 g/mol. The number of nitriles is 1. The van der Waals surface area contributed by atoms with Gasteiger partial charge in [-0.1, -0.05) is 12.6 Å². The molecule has 2 saturated heterocycles. The first-order valence-electron chi connectivity index (χ1n) is 12.8. The molecular formula is C29H34N6O2. The molecule has 2 aromatic carbocycles. The summed E-state index contributed by atoms with van der Waals surface area (Å²) in [6.45, 7) is 10.3. The van der Waals surface area contributed by atoms with Gasteiger partial charge >= 0.3 is 0 Å². The van der Waals surface area contributed by atoms with Gasteiger partial charge < -0.3 is 19.4 Å². The standard InChI is InChI=1S/C29H34N6O2/c1-5-26(36)35-18-29(19-35)11-13-34(17-29)24-9-10-25(37-14-6-12-33(3)4)28(21(24)15-30)27-20(2)7-8-23-22(27)16-31-32-23/h5,7-10,16H,1,6,11-14,17-19H2,2-4H3,(H,31,32). The highest BCUT2D eigenvalue weighted by Crippen LogP contribution is 2.46. The molecule has 8 nitrogen and oxygen atoms in total. The molecule has 1 amide bonds. The molecule has 5 rings (SSSR count). The summed E-state index contributed by atoms with van der Waals surface area (Å²) in [6.07, 6.45) is 5.09. The summed E-state index contributed by atoms with van der Waals surface area (Å²) in [7, 11) is 4.10. The van der Waals surface area contributed by atoms with Crippen LogP contribution in [0.3, 0.4) is 0 Å². The van der Waals surface area contributed by atoms with Crippen LogP contribution >= 0.6 is 0 Å². The first kappa shape index (κ1) is 24.8. The van der Waals surface area contributed by atoms with Crippen LogP contribution in [0.4, 0.5) is 5.69 Å². The fourth-order valence-electron chi connectivity index (χ4n) is 5.79.